The monoisotopic (exact) mass is 470 g/mol. The zero-order valence-corrected chi connectivity index (χ0v) is 19.0. The summed E-state index contributed by atoms with van der Waals surface area (Å²) in [5, 5.41) is 3.27. The van der Waals surface area contributed by atoms with Gasteiger partial charge in [0.1, 0.15) is 6.04 Å². The molecule has 1 amide bonds. The largest absolute Gasteiger partial charge is 0.348 e. The molecular weight excluding hydrogens is 448 g/mol. The first-order valence-corrected chi connectivity index (χ1v) is 13.1. The van der Waals surface area contributed by atoms with Crippen molar-refractivity contribution in [3.8, 4) is 0 Å². The van der Waals surface area contributed by atoms with Crippen LogP contribution in [0.15, 0.2) is 58.3 Å². The third-order valence-electron chi connectivity index (χ3n) is 5.09. The lowest BCUT2D eigenvalue weighted by molar-refractivity contribution is -0.124. The molecule has 1 saturated heterocycles. The van der Waals surface area contributed by atoms with Crippen molar-refractivity contribution in [1.82, 2.24) is 9.62 Å². The SMILES string of the molecule is C[C@H](NC(=O)[C@H]1CCCN1S(=O)(=O)c1ccc(Cl)cc1)c1ccc(S(C)(=O)=O)cc1. The fourth-order valence-corrected chi connectivity index (χ4v) is 5.84. The number of hydrogen-bond donors (Lipinski definition) is 1. The van der Waals surface area contributed by atoms with Crippen LogP contribution in [0, 0.1) is 0 Å². The summed E-state index contributed by atoms with van der Waals surface area (Å²) in [7, 11) is -7.13. The van der Waals surface area contributed by atoms with E-state index in [-0.39, 0.29) is 22.2 Å². The van der Waals surface area contributed by atoms with Gasteiger partial charge in [-0.1, -0.05) is 23.7 Å². The van der Waals surface area contributed by atoms with Crippen molar-refractivity contribution in [1.29, 1.82) is 0 Å². The Morgan fingerprint density at radius 1 is 1.03 bits per heavy atom. The van der Waals surface area contributed by atoms with Crippen LogP contribution in [0.4, 0.5) is 0 Å². The molecule has 0 spiro atoms. The third-order valence-corrected chi connectivity index (χ3v) is 8.40. The van der Waals surface area contributed by atoms with Gasteiger partial charge in [0.25, 0.3) is 0 Å². The lowest BCUT2D eigenvalue weighted by Gasteiger charge is -2.25. The van der Waals surface area contributed by atoms with Crippen LogP contribution < -0.4 is 5.32 Å². The van der Waals surface area contributed by atoms with Gasteiger partial charge in [0, 0.05) is 17.8 Å². The highest BCUT2D eigenvalue weighted by atomic mass is 35.5. The predicted octanol–water partition coefficient (Wildman–Crippen LogP) is 2.77. The number of carbonyl (C=O) groups is 1. The lowest BCUT2D eigenvalue weighted by Crippen LogP contribution is -2.46. The van der Waals surface area contributed by atoms with Gasteiger partial charge in [-0.3, -0.25) is 4.79 Å². The van der Waals surface area contributed by atoms with E-state index in [2.05, 4.69) is 5.32 Å². The van der Waals surface area contributed by atoms with E-state index in [1.165, 1.54) is 40.7 Å². The van der Waals surface area contributed by atoms with E-state index < -0.39 is 31.9 Å². The van der Waals surface area contributed by atoms with Gasteiger partial charge in [0.15, 0.2) is 9.84 Å². The second-order valence-corrected chi connectivity index (χ2v) is 11.6. The Kier molecular flexibility index (Phi) is 6.57. The van der Waals surface area contributed by atoms with Crippen LogP contribution >= 0.6 is 11.6 Å². The molecule has 0 aromatic heterocycles. The van der Waals surface area contributed by atoms with E-state index in [0.29, 0.717) is 17.9 Å². The molecule has 10 heteroatoms. The maximum atomic E-state index is 13.0. The molecule has 162 valence electrons. The molecule has 0 unspecified atom stereocenters. The molecule has 1 aliphatic rings. The molecule has 0 radical (unpaired) electrons. The first kappa shape index (κ1) is 22.7. The highest BCUT2D eigenvalue weighted by Crippen LogP contribution is 2.27. The van der Waals surface area contributed by atoms with Crippen LogP contribution in [0.1, 0.15) is 31.4 Å². The van der Waals surface area contributed by atoms with Crippen molar-refractivity contribution in [2.75, 3.05) is 12.8 Å². The number of nitrogens with one attached hydrogen (secondary N) is 1. The molecule has 2 atom stereocenters. The standard InChI is InChI=1S/C20H23ClN2O5S2/c1-14(15-5-9-17(10-6-15)29(2,25)26)22-20(24)19-4-3-13-23(19)30(27,28)18-11-7-16(21)8-12-18/h5-12,14,19H,3-4,13H2,1-2H3,(H,22,24)/t14-,19+/m0/s1. The average Bonchev–Trinajstić information content (AvgIpc) is 3.18. The first-order chi connectivity index (χ1) is 14.0. The lowest BCUT2D eigenvalue weighted by atomic mass is 10.1. The van der Waals surface area contributed by atoms with Crippen LogP contribution in [0.2, 0.25) is 5.02 Å². The molecule has 0 aliphatic carbocycles. The van der Waals surface area contributed by atoms with E-state index in [0.717, 1.165) is 11.8 Å². The van der Waals surface area contributed by atoms with Crippen molar-refractivity contribution in [3.05, 3.63) is 59.1 Å². The van der Waals surface area contributed by atoms with Gasteiger partial charge in [0.05, 0.1) is 15.8 Å². The third kappa shape index (κ3) is 4.85. The van der Waals surface area contributed by atoms with Crippen LogP contribution in [0.5, 0.6) is 0 Å². The first-order valence-electron chi connectivity index (χ1n) is 9.38. The molecule has 30 heavy (non-hydrogen) atoms. The van der Waals surface area contributed by atoms with Gasteiger partial charge >= 0.3 is 0 Å². The summed E-state index contributed by atoms with van der Waals surface area (Å²) in [6, 6.07) is 10.9. The molecule has 2 aromatic carbocycles. The van der Waals surface area contributed by atoms with Crippen molar-refractivity contribution >= 4 is 37.4 Å². The van der Waals surface area contributed by atoms with Gasteiger partial charge in [0.2, 0.25) is 15.9 Å². The van der Waals surface area contributed by atoms with E-state index in [4.69, 9.17) is 11.6 Å². The van der Waals surface area contributed by atoms with Gasteiger partial charge < -0.3 is 5.32 Å². The van der Waals surface area contributed by atoms with Crippen molar-refractivity contribution in [2.45, 2.75) is 41.6 Å². The second-order valence-electron chi connectivity index (χ2n) is 7.30. The second kappa shape index (κ2) is 8.66. The average molecular weight is 471 g/mol. The summed E-state index contributed by atoms with van der Waals surface area (Å²) in [6.07, 6.45) is 2.14. The number of halogens is 1. The quantitative estimate of drug-likeness (QED) is 0.699. The Balaban J connectivity index is 1.75. The zero-order chi connectivity index (χ0) is 22.1. The summed E-state index contributed by atoms with van der Waals surface area (Å²) < 4.78 is 50.4. The minimum atomic E-state index is -3.82. The summed E-state index contributed by atoms with van der Waals surface area (Å²) in [5.41, 5.74) is 0.723. The Hall–Kier alpha value is -1.94. The number of carbonyl (C=O) groups excluding carboxylic acids is 1. The zero-order valence-electron chi connectivity index (χ0n) is 16.6. The predicted molar refractivity (Wildman–Crippen MR) is 114 cm³/mol. The van der Waals surface area contributed by atoms with Crippen LogP contribution in [-0.2, 0) is 24.7 Å². The topological polar surface area (TPSA) is 101 Å². The molecule has 1 heterocycles. The number of amides is 1. The van der Waals surface area contributed by atoms with E-state index >= 15 is 0 Å². The molecule has 1 fully saturated rings. The van der Waals surface area contributed by atoms with Gasteiger partial charge in [-0.2, -0.15) is 4.31 Å². The molecule has 1 N–H and O–H groups in total. The molecule has 1 aliphatic heterocycles. The molecule has 0 bridgehead atoms. The number of sulfone groups is 1. The molecular formula is C20H23ClN2O5S2. The number of benzene rings is 2. The maximum Gasteiger partial charge on any atom is 0.243 e. The smallest absolute Gasteiger partial charge is 0.243 e. The Morgan fingerprint density at radius 3 is 2.17 bits per heavy atom. The number of rotatable bonds is 6. The molecule has 3 rings (SSSR count). The number of sulfonamides is 1. The van der Waals surface area contributed by atoms with E-state index in [1.807, 2.05) is 0 Å². The van der Waals surface area contributed by atoms with Crippen LogP contribution in [-0.4, -0.2) is 45.9 Å². The number of nitrogens with zero attached hydrogens (tertiary/aromatic N) is 1. The summed E-state index contributed by atoms with van der Waals surface area (Å²) in [5.74, 6) is -0.385. The van der Waals surface area contributed by atoms with Crippen LogP contribution in [0.3, 0.4) is 0 Å². The van der Waals surface area contributed by atoms with Crippen molar-refractivity contribution in [3.63, 3.8) is 0 Å². The van der Waals surface area contributed by atoms with Crippen molar-refractivity contribution < 1.29 is 21.6 Å². The van der Waals surface area contributed by atoms with Gasteiger partial charge in [-0.05, 0) is 61.7 Å². The van der Waals surface area contributed by atoms with Crippen molar-refractivity contribution in [2.24, 2.45) is 0 Å². The Bertz CT molecular complexity index is 1130. The normalized spacial score (nSPS) is 18.8. The summed E-state index contributed by atoms with van der Waals surface area (Å²) in [6.45, 7) is 2.03. The number of hydrogen-bond acceptors (Lipinski definition) is 5. The van der Waals surface area contributed by atoms with Crippen LogP contribution in [0.25, 0.3) is 0 Å². The Labute approximate surface area is 182 Å². The molecule has 7 nitrogen and oxygen atoms in total. The summed E-state index contributed by atoms with van der Waals surface area (Å²) >= 11 is 5.84. The fourth-order valence-electron chi connectivity index (χ4n) is 3.43. The highest BCUT2D eigenvalue weighted by molar-refractivity contribution is 7.90. The van der Waals surface area contributed by atoms with Gasteiger partial charge in [-0.25, -0.2) is 16.8 Å². The minimum absolute atomic E-state index is 0.0935. The van der Waals surface area contributed by atoms with Gasteiger partial charge in [-0.15, -0.1) is 0 Å². The fraction of sp³-hybridized carbons (Fsp3) is 0.350. The Morgan fingerprint density at radius 2 is 1.60 bits per heavy atom. The molecule has 0 saturated carbocycles. The van der Waals surface area contributed by atoms with E-state index in [9.17, 15) is 21.6 Å². The highest BCUT2D eigenvalue weighted by Gasteiger charge is 2.39. The minimum Gasteiger partial charge on any atom is -0.348 e. The molecule has 2 aromatic rings. The maximum absolute atomic E-state index is 13.0. The summed E-state index contributed by atoms with van der Waals surface area (Å²) in [4.78, 5) is 13.2. The van der Waals surface area contributed by atoms with E-state index in [1.54, 1.807) is 19.1 Å².